The van der Waals surface area contributed by atoms with Crippen LogP contribution in [0.15, 0.2) is 22.8 Å². The van der Waals surface area contributed by atoms with Gasteiger partial charge in [-0.3, -0.25) is 9.69 Å². The molecule has 1 atom stereocenters. The van der Waals surface area contributed by atoms with E-state index >= 15 is 0 Å². The predicted molar refractivity (Wildman–Crippen MR) is 50.7 cm³/mol. The van der Waals surface area contributed by atoms with Gasteiger partial charge in [-0.2, -0.15) is 0 Å². The number of rotatable bonds is 5. The maximum Gasteiger partial charge on any atom is 0.321 e. The van der Waals surface area contributed by atoms with Crippen LogP contribution in [0.1, 0.15) is 5.76 Å². The standard InChI is InChI=1S/C9H14N2O3/c1-11(6-8(10)9(12)13)5-7-3-2-4-14-7/h2-4,8H,5-6,10H2,1H3,(H,12,13). The zero-order valence-electron chi connectivity index (χ0n) is 8.01. The number of likely N-dealkylation sites (N-methyl/N-ethyl adjacent to an activating group) is 1. The summed E-state index contributed by atoms with van der Waals surface area (Å²) in [6, 6.07) is 2.78. The first kappa shape index (κ1) is 10.7. The molecule has 0 amide bonds. The highest BCUT2D eigenvalue weighted by Crippen LogP contribution is 2.03. The molecule has 1 rings (SSSR count). The van der Waals surface area contributed by atoms with Gasteiger partial charge in [0.1, 0.15) is 11.8 Å². The zero-order chi connectivity index (χ0) is 10.6. The van der Waals surface area contributed by atoms with Gasteiger partial charge in [0, 0.05) is 6.54 Å². The lowest BCUT2D eigenvalue weighted by Crippen LogP contribution is -2.40. The Balaban J connectivity index is 2.36. The van der Waals surface area contributed by atoms with Crippen LogP contribution in [0, 0.1) is 0 Å². The molecule has 0 saturated heterocycles. The van der Waals surface area contributed by atoms with Crippen LogP contribution >= 0.6 is 0 Å². The van der Waals surface area contributed by atoms with Crippen LogP contribution in [-0.2, 0) is 11.3 Å². The van der Waals surface area contributed by atoms with Gasteiger partial charge in [-0.15, -0.1) is 0 Å². The highest BCUT2D eigenvalue weighted by molar-refractivity contribution is 5.73. The van der Waals surface area contributed by atoms with E-state index in [9.17, 15) is 4.79 Å². The summed E-state index contributed by atoms with van der Waals surface area (Å²) in [4.78, 5) is 12.3. The number of nitrogens with zero attached hydrogens (tertiary/aromatic N) is 1. The van der Waals surface area contributed by atoms with Crippen LogP contribution in [0.3, 0.4) is 0 Å². The fraction of sp³-hybridized carbons (Fsp3) is 0.444. The molecule has 1 heterocycles. The monoisotopic (exact) mass is 198 g/mol. The first-order chi connectivity index (χ1) is 6.59. The summed E-state index contributed by atoms with van der Waals surface area (Å²) in [5.41, 5.74) is 5.37. The Bertz CT molecular complexity index is 284. The number of carboxylic acids is 1. The van der Waals surface area contributed by atoms with Crippen molar-refractivity contribution in [2.24, 2.45) is 5.73 Å². The maximum atomic E-state index is 10.5. The smallest absolute Gasteiger partial charge is 0.321 e. The third kappa shape index (κ3) is 3.20. The van der Waals surface area contributed by atoms with E-state index in [1.54, 1.807) is 24.3 Å². The Morgan fingerprint density at radius 3 is 3.00 bits per heavy atom. The topological polar surface area (TPSA) is 79.7 Å². The van der Waals surface area contributed by atoms with E-state index in [-0.39, 0.29) is 0 Å². The second kappa shape index (κ2) is 4.78. The fourth-order valence-electron chi connectivity index (χ4n) is 1.15. The summed E-state index contributed by atoms with van der Waals surface area (Å²) in [6.07, 6.45) is 1.58. The second-order valence-electron chi connectivity index (χ2n) is 3.22. The zero-order valence-corrected chi connectivity index (χ0v) is 8.01. The van der Waals surface area contributed by atoms with Crippen LogP contribution in [0.5, 0.6) is 0 Å². The molecule has 0 aromatic carbocycles. The minimum absolute atomic E-state index is 0.302. The molecule has 3 N–H and O–H groups in total. The molecule has 0 fully saturated rings. The molecular weight excluding hydrogens is 184 g/mol. The minimum Gasteiger partial charge on any atom is -0.480 e. The molecule has 1 aromatic heterocycles. The number of hydrogen-bond donors (Lipinski definition) is 2. The molecule has 0 spiro atoms. The number of aliphatic carboxylic acids is 1. The van der Waals surface area contributed by atoms with Gasteiger partial charge in [-0.05, 0) is 19.2 Å². The van der Waals surface area contributed by atoms with E-state index in [4.69, 9.17) is 15.3 Å². The van der Waals surface area contributed by atoms with Gasteiger partial charge in [0.05, 0.1) is 12.8 Å². The van der Waals surface area contributed by atoms with E-state index in [1.165, 1.54) is 0 Å². The van der Waals surface area contributed by atoms with E-state index in [2.05, 4.69) is 0 Å². The number of nitrogens with two attached hydrogens (primary N) is 1. The third-order valence-corrected chi connectivity index (χ3v) is 1.83. The number of hydrogen-bond acceptors (Lipinski definition) is 4. The maximum absolute atomic E-state index is 10.5. The average Bonchev–Trinajstić information content (AvgIpc) is 2.56. The van der Waals surface area contributed by atoms with Crippen LogP contribution < -0.4 is 5.73 Å². The molecular formula is C9H14N2O3. The lowest BCUT2D eigenvalue weighted by Gasteiger charge is -2.17. The average molecular weight is 198 g/mol. The molecule has 5 heteroatoms. The van der Waals surface area contributed by atoms with Crippen molar-refractivity contribution in [3.05, 3.63) is 24.2 Å². The van der Waals surface area contributed by atoms with Crippen molar-refractivity contribution < 1.29 is 14.3 Å². The lowest BCUT2D eigenvalue weighted by molar-refractivity contribution is -0.138. The van der Waals surface area contributed by atoms with Gasteiger partial charge in [0.15, 0.2) is 0 Å². The van der Waals surface area contributed by atoms with Crippen molar-refractivity contribution in [3.63, 3.8) is 0 Å². The summed E-state index contributed by atoms with van der Waals surface area (Å²) in [5.74, 6) is -0.193. The lowest BCUT2D eigenvalue weighted by atomic mass is 10.3. The molecule has 0 aliphatic rings. The number of carbonyl (C=O) groups is 1. The van der Waals surface area contributed by atoms with Gasteiger partial charge in [-0.25, -0.2) is 0 Å². The molecule has 0 radical (unpaired) electrons. The van der Waals surface area contributed by atoms with Crippen LogP contribution in [0.2, 0.25) is 0 Å². The Kier molecular flexibility index (Phi) is 3.67. The highest BCUT2D eigenvalue weighted by atomic mass is 16.4. The molecule has 0 aliphatic carbocycles. The molecule has 5 nitrogen and oxygen atoms in total. The minimum atomic E-state index is -0.990. The van der Waals surface area contributed by atoms with Crippen LogP contribution in [0.4, 0.5) is 0 Å². The van der Waals surface area contributed by atoms with Crippen molar-refractivity contribution in [2.75, 3.05) is 13.6 Å². The van der Waals surface area contributed by atoms with Crippen molar-refractivity contribution in [3.8, 4) is 0 Å². The normalized spacial score (nSPS) is 13.1. The number of furan rings is 1. The fourth-order valence-corrected chi connectivity index (χ4v) is 1.15. The van der Waals surface area contributed by atoms with Crippen molar-refractivity contribution in [1.82, 2.24) is 4.90 Å². The summed E-state index contributed by atoms with van der Waals surface area (Å²) in [7, 11) is 1.80. The molecule has 1 aromatic rings. The third-order valence-electron chi connectivity index (χ3n) is 1.83. The largest absolute Gasteiger partial charge is 0.480 e. The van der Waals surface area contributed by atoms with Gasteiger partial charge < -0.3 is 15.3 Å². The molecule has 0 aliphatic heterocycles. The molecule has 0 saturated carbocycles. The Hall–Kier alpha value is -1.33. The van der Waals surface area contributed by atoms with E-state index < -0.39 is 12.0 Å². The number of carboxylic acid groups (broad SMARTS) is 1. The van der Waals surface area contributed by atoms with Crippen LogP contribution in [-0.4, -0.2) is 35.6 Å². The van der Waals surface area contributed by atoms with E-state index in [1.807, 2.05) is 6.07 Å². The molecule has 1 unspecified atom stereocenters. The second-order valence-corrected chi connectivity index (χ2v) is 3.22. The molecule has 78 valence electrons. The SMILES string of the molecule is CN(Cc1ccco1)CC(N)C(=O)O. The van der Waals surface area contributed by atoms with Crippen molar-refractivity contribution in [1.29, 1.82) is 0 Å². The summed E-state index contributed by atoms with van der Waals surface area (Å²) >= 11 is 0. The van der Waals surface area contributed by atoms with E-state index in [0.717, 1.165) is 5.76 Å². The van der Waals surface area contributed by atoms with E-state index in [0.29, 0.717) is 13.1 Å². The quantitative estimate of drug-likeness (QED) is 0.702. The molecule has 0 bridgehead atoms. The van der Waals surface area contributed by atoms with Gasteiger partial charge in [0.25, 0.3) is 0 Å². The predicted octanol–water partition coefficient (Wildman–Crippen LogP) is 0.123. The van der Waals surface area contributed by atoms with Crippen molar-refractivity contribution >= 4 is 5.97 Å². The summed E-state index contributed by atoms with van der Waals surface area (Å²) < 4.78 is 5.12. The van der Waals surface area contributed by atoms with Gasteiger partial charge in [-0.1, -0.05) is 0 Å². The summed E-state index contributed by atoms with van der Waals surface area (Å²) in [6.45, 7) is 0.865. The summed E-state index contributed by atoms with van der Waals surface area (Å²) in [5, 5.41) is 8.58. The first-order valence-electron chi connectivity index (χ1n) is 4.29. The van der Waals surface area contributed by atoms with Gasteiger partial charge in [0.2, 0.25) is 0 Å². The van der Waals surface area contributed by atoms with Crippen LogP contribution in [0.25, 0.3) is 0 Å². The van der Waals surface area contributed by atoms with Crippen molar-refractivity contribution in [2.45, 2.75) is 12.6 Å². The Morgan fingerprint density at radius 2 is 2.50 bits per heavy atom. The molecule has 14 heavy (non-hydrogen) atoms. The van der Waals surface area contributed by atoms with Gasteiger partial charge >= 0.3 is 5.97 Å². The Labute approximate surface area is 82.1 Å². The first-order valence-corrected chi connectivity index (χ1v) is 4.29. The Morgan fingerprint density at radius 1 is 1.79 bits per heavy atom. The highest BCUT2D eigenvalue weighted by Gasteiger charge is 2.14.